The number of unbranched alkanes of at least 4 members (excludes halogenated alkanes) is 1. The van der Waals surface area contributed by atoms with Gasteiger partial charge in [0.15, 0.2) is 0 Å². The molecule has 2 unspecified atom stereocenters. The lowest BCUT2D eigenvalue weighted by molar-refractivity contribution is -0.139. The fourth-order valence-electron chi connectivity index (χ4n) is 4.05. The Balaban J connectivity index is 1.16. The summed E-state index contributed by atoms with van der Waals surface area (Å²) in [5.74, 6) is 1.000. The zero-order valence-electron chi connectivity index (χ0n) is 14.5. The smallest absolute Gasteiger partial charge is 0.233 e. The van der Waals surface area contributed by atoms with E-state index in [-0.39, 0.29) is 23.7 Å². The van der Waals surface area contributed by atoms with Gasteiger partial charge in [-0.05, 0) is 38.3 Å². The average molecular weight is 343 g/mol. The number of nitrogens with zero attached hydrogens (tertiary/aromatic N) is 5. The van der Waals surface area contributed by atoms with Crippen LogP contribution in [0.1, 0.15) is 25.7 Å². The van der Waals surface area contributed by atoms with Gasteiger partial charge in [-0.2, -0.15) is 0 Å². The monoisotopic (exact) mass is 343 g/mol. The number of aromatic nitrogens is 2. The highest BCUT2D eigenvalue weighted by atomic mass is 16.2. The number of carbonyl (C=O) groups excluding carboxylic acids is 2. The third kappa shape index (κ3) is 3.25. The first-order chi connectivity index (χ1) is 12.2. The van der Waals surface area contributed by atoms with Crippen molar-refractivity contribution in [3.63, 3.8) is 0 Å². The molecule has 1 aliphatic carbocycles. The van der Waals surface area contributed by atoms with Crippen LogP contribution in [0.2, 0.25) is 0 Å². The lowest BCUT2D eigenvalue weighted by atomic mass is 9.76. The van der Waals surface area contributed by atoms with Crippen LogP contribution in [0, 0.1) is 11.8 Å². The van der Waals surface area contributed by atoms with E-state index in [9.17, 15) is 9.59 Å². The van der Waals surface area contributed by atoms with Crippen LogP contribution in [-0.2, 0) is 9.59 Å². The molecule has 0 N–H and O–H groups in total. The summed E-state index contributed by atoms with van der Waals surface area (Å²) >= 11 is 0. The second-order valence-electron chi connectivity index (χ2n) is 7.20. The number of anilines is 1. The van der Waals surface area contributed by atoms with Crippen molar-refractivity contribution < 1.29 is 9.59 Å². The molecule has 4 rings (SSSR count). The van der Waals surface area contributed by atoms with Crippen molar-refractivity contribution in [3.8, 4) is 0 Å². The summed E-state index contributed by atoms with van der Waals surface area (Å²) in [7, 11) is 0. The third-order valence-electron chi connectivity index (χ3n) is 5.75. The molecule has 2 atom stereocenters. The van der Waals surface area contributed by atoms with Crippen molar-refractivity contribution in [1.29, 1.82) is 0 Å². The highest BCUT2D eigenvalue weighted by Crippen LogP contribution is 2.42. The van der Waals surface area contributed by atoms with Crippen molar-refractivity contribution >= 4 is 17.8 Å². The summed E-state index contributed by atoms with van der Waals surface area (Å²) in [5.41, 5.74) is 0. The van der Waals surface area contributed by atoms with E-state index in [1.54, 1.807) is 12.4 Å². The van der Waals surface area contributed by atoms with Crippen molar-refractivity contribution in [3.05, 3.63) is 18.5 Å². The van der Waals surface area contributed by atoms with E-state index in [1.165, 1.54) is 4.90 Å². The van der Waals surface area contributed by atoms with Crippen molar-refractivity contribution in [2.24, 2.45) is 11.8 Å². The second kappa shape index (κ2) is 7.07. The molecule has 2 amide bonds. The number of piperazine rings is 1. The average Bonchev–Trinajstić information content (AvgIpc) is 2.77. The molecule has 7 heteroatoms. The van der Waals surface area contributed by atoms with Crippen molar-refractivity contribution in [2.45, 2.75) is 25.7 Å². The Bertz CT molecular complexity index is 608. The number of likely N-dealkylation sites (tertiary alicyclic amines) is 1. The maximum absolute atomic E-state index is 12.1. The lowest BCUT2D eigenvalue weighted by Crippen LogP contribution is -2.47. The summed E-state index contributed by atoms with van der Waals surface area (Å²) < 4.78 is 0. The zero-order chi connectivity index (χ0) is 17.2. The normalized spacial score (nSPS) is 26.7. The molecule has 0 bridgehead atoms. The van der Waals surface area contributed by atoms with Gasteiger partial charge < -0.3 is 4.90 Å². The Kier molecular flexibility index (Phi) is 4.65. The van der Waals surface area contributed by atoms with Crippen LogP contribution in [0.25, 0.3) is 0 Å². The summed E-state index contributed by atoms with van der Waals surface area (Å²) in [5, 5.41) is 0. The predicted octanol–water partition coefficient (Wildman–Crippen LogP) is 0.774. The van der Waals surface area contributed by atoms with E-state index in [2.05, 4.69) is 19.8 Å². The van der Waals surface area contributed by atoms with Crippen LogP contribution in [0.3, 0.4) is 0 Å². The van der Waals surface area contributed by atoms with E-state index < -0.39 is 0 Å². The quantitative estimate of drug-likeness (QED) is 0.561. The number of rotatable bonds is 6. The predicted molar refractivity (Wildman–Crippen MR) is 92.9 cm³/mol. The van der Waals surface area contributed by atoms with Gasteiger partial charge in [0.05, 0.1) is 11.8 Å². The molecule has 134 valence electrons. The molecular weight excluding hydrogens is 318 g/mol. The van der Waals surface area contributed by atoms with Crippen LogP contribution < -0.4 is 4.90 Å². The Morgan fingerprint density at radius 2 is 1.48 bits per heavy atom. The molecule has 2 saturated heterocycles. The summed E-state index contributed by atoms with van der Waals surface area (Å²) in [6.07, 6.45) is 7.29. The SMILES string of the molecule is O=C1C2CCC2C(=O)N1CCCCN1CCN(c2ncccn2)CC1. The fourth-order valence-corrected chi connectivity index (χ4v) is 4.05. The number of carbonyl (C=O) groups is 2. The number of imide groups is 1. The molecule has 3 heterocycles. The summed E-state index contributed by atoms with van der Waals surface area (Å²) in [6.45, 7) is 5.51. The van der Waals surface area contributed by atoms with Crippen LogP contribution in [0.15, 0.2) is 18.5 Å². The largest absolute Gasteiger partial charge is 0.338 e. The number of hydrogen-bond acceptors (Lipinski definition) is 6. The molecule has 3 fully saturated rings. The fraction of sp³-hybridized carbons (Fsp3) is 0.667. The number of hydrogen-bond donors (Lipinski definition) is 0. The maximum Gasteiger partial charge on any atom is 0.233 e. The van der Waals surface area contributed by atoms with E-state index in [0.29, 0.717) is 6.54 Å². The Hall–Kier alpha value is -2.02. The number of amides is 2. The van der Waals surface area contributed by atoms with E-state index in [1.807, 2.05) is 6.07 Å². The van der Waals surface area contributed by atoms with Crippen LogP contribution in [0.4, 0.5) is 5.95 Å². The molecule has 3 aliphatic rings. The Morgan fingerprint density at radius 1 is 0.880 bits per heavy atom. The molecule has 0 aromatic carbocycles. The Labute approximate surface area is 148 Å². The molecule has 1 saturated carbocycles. The van der Waals surface area contributed by atoms with E-state index in [0.717, 1.165) is 64.4 Å². The molecule has 0 radical (unpaired) electrons. The zero-order valence-corrected chi connectivity index (χ0v) is 14.5. The second-order valence-corrected chi connectivity index (χ2v) is 7.20. The minimum absolute atomic E-state index is 0.0146. The summed E-state index contributed by atoms with van der Waals surface area (Å²) in [4.78, 5) is 39.0. The first-order valence-electron chi connectivity index (χ1n) is 9.33. The maximum atomic E-state index is 12.1. The molecule has 1 aromatic heterocycles. The van der Waals surface area contributed by atoms with E-state index in [4.69, 9.17) is 0 Å². The first-order valence-corrected chi connectivity index (χ1v) is 9.33. The minimum atomic E-state index is 0.0146. The van der Waals surface area contributed by atoms with Crippen LogP contribution >= 0.6 is 0 Å². The lowest BCUT2D eigenvalue weighted by Gasteiger charge is -2.34. The molecule has 1 aromatic rings. The third-order valence-corrected chi connectivity index (χ3v) is 5.75. The topological polar surface area (TPSA) is 69.6 Å². The minimum Gasteiger partial charge on any atom is -0.338 e. The Morgan fingerprint density at radius 3 is 2.08 bits per heavy atom. The molecule has 7 nitrogen and oxygen atoms in total. The van der Waals surface area contributed by atoms with Gasteiger partial charge >= 0.3 is 0 Å². The van der Waals surface area contributed by atoms with Crippen molar-refractivity contribution in [1.82, 2.24) is 19.8 Å². The standard InChI is InChI=1S/C18H25N5O2/c24-16-14-4-5-15(14)17(25)23(16)9-2-1-8-21-10-12-22(13-11-21)18-19-6-3-7-20-18/h3,6-7,14-15H,1-2,4-5,8-13H2. The highest BCUT2D eigenvalue weighted by molar-refractivity contribution is 6.06. The molecule has 0 spiro atoms. The van der Waals surface area contributed by atoms with Gasteiger partial charge in [0.25, 0.3) is 0 Å². The first kappa shape index (κ1) is 16.4. The van der Waals surface area contributed by atoms with Gasteiger partial charge in [-0.25, -0.2) is 9.97 Å². The van der Waals surface area contributed by atoms with Crippen LogP contribution in [0.5, 0.6) is 0 Å². The van der Waals surface area contributed by atoms with Gasteiger partial charge in [0.2, 0.25) is 17.8 Å². The van der Waals surface area contributed by atoms with Gasteiger partial charge in [-0.1, -0.05) is 0 Å². The number of fused-ring (bicyclic) bond motifs is 1. The van der Waals surface area contributed by atoms with Gasteiger partial charge in [0.1, 0.15) is 0 Å². The highest BCUT2D eigenvalue weighted by Gasteiger charge is 2.52. The summed E-state index contributed by atoms with van der Waals surface area (Å²) in [6, 6.07) is 1.83. The van der Waals surface area contributed by atoms with Crippen LogP contribution in [-0.4, -0.2) is 70.9 Å². The van der Waals surface area contributed by atoms with E-state index >= 15 is 0 Å². The molecular formula is C18H25N5O2. The van der Waals surface area contributed by atoms with Crippen molar-refractivity contribution in [2.75, 3.05) is 44.2 Å². The van der Waals surface area contributed by atoms with Gasteiger partial charge in [0, 0.05) is 45.1 Å². The van der Waals surface area contributed by atoms with Gasteiger partial charge in [-0.15, -0.1) is 0 Å². The van der Waals surface area contributed by atoms with Gasteiger partial charge in [-0.3, -0.25) is 19.4 Å². The molecule has 25 heavy (non-hydrogen) atoms. The molecule has 2 aliphatic heterocycles.